The number of amides is 1. The first-order valence-electron chi connectivity index (χ1n) is 6.41. The maximum absolute atomic E-state index is 11.4. The second-order valence-corrected chi connectivity index (χ2v) is 5.25. The van der Waals surface area contributed by atoms with Gasteiger partial charge in [0.25, 0.3) is 0 Å². The highest BCUT2D eigenvalue weighted by Gasteiger charge is 2.09. The average Bonchev–Trinajstić information content (AvgIpc) is 2.25. The first kappa shape index (κ1) is 15.8. The van der Waals surface area contributed by atoms with E-state index in [1.807, 2.05) is 6.92 Å². The molecular formula is C13H26ClNO. The van der Waals surface area contributed by atoms with E-state index in [-0.39, 0.29) is 11.8 Å². The highest BCUT2D eigenvalue weighted by atomic mass is 35.5. The zero-order chi connectivity index (χ0) is 12.4. The number of nitrogens with one attached hydrogen (secondary N) is 1. The van der Waals surface area contributed by atoms with Gasteiger partial charge in [0.1, 0.15) is 0 Å². The molecule has 0 saturated carbocycles. The summed E-state index contributed by atoms with van der Waals surface area (Å²) in [4.78, 5) is 11.4. The van der Waals surface area contributed by atoms with Gasteiger partial charge in [0.2, 0.25) is 5.91 Å². The van der Waals surface area contributed by atoms with Crippen molar-refractivity contribution in [1.29, 1.82) is 0 Å². The highest BCUT2D eigenvalue weighted by Crippen LogP contribution is 2.09. The zero-order valence-corrected chi connectivity index (χ0v) is 11.6. The van der Waals surface area contributed by atoms with Crippen molar-refractivity contribution in [3.05, 3.63) is 0 Å². The summed E-state index contributed by atoms with van der Waals surface area (Å²) in [7, 11) is 0. The number of halogens is 1. The summed E-state index contributed by atoms with van der Waals surface area (Å²) in [5.41, 5.74) is 0. The number of rotatable bonds is 9. The Balaban J connectivity index is 3.24. The minimum absolute atomic E-state index is 0.0670. The molecule has 0 aliphatic heterocycles. The van der Waals surface area contributed by atoms with E-state index >= 15 is 0 Å². The van der Waals surface area contributed by atoms with Gasteiger partial charge in [-0.3, -0.25) is 4.79 Å². The van der Waals surface area contributed by atoms with E-state index in [1.165, 1.54) is 25.7 Å². The summed E-state index contributed by atoms with van der Waals surface area (Å²) < 4.78 is 0. The molecule has 0 aromatic carbocycles. The molecule has 0 aliphatic rings. The number of hydrogen-bond donors (Lipinski definition) is 1. The number of carbonyl (C=O) groups excluding carboxylic acids is 1. The molecular weight excluding hydrogens is 222 g/mol. The van der Waals surface area contributed by atoms with Crippen LogP contribution in [0, 0.1) is 11.8 Å². The Labute approximate surface area is 105 Å². The van der Waals surface area contributed by atoms with Gasteiger partial charge in [0.15, 0.2) is 0 Å². The number of alkyl halides is 1. The summed E-state index contributed by atoms with van der Waals surface area (Å²) in [6.07, 6.45) is 6.19. The minimum atomic E-state index is -0.0670. The van der Waals surface area contributed by atoms with Crippen LogP contribution in [-0.2, 0) is 4.79 Å². The Kier molecular flexibility index (Phi) is 9.80. The third kappa shape index (κ3) is 9.02. The molecule has 0 radical (unpaired) electrons. The van der Waals surface area contributed by atoms with E-state index in [4.69, 9.17) is 11.6 Å². The largest absolute Gasteiger partial charge is 0.356 e. The van der Waals surface area contributed by atoms with Gasteiger partial charge >= 0.3 is 0 Å². The first-order chi connectivity index (χ1) is 7.57. The van der Waals surface area contributed by atoms with E-state index in [2.05, 4.69) is 19.2 Å². The zero-order valence-electron chi connectivity index (χ0n) is 10.9. The average molecular weight is 248 g/mol. The molecule has 0 saturated heterocycles. The van der Waals surface area contributed by atoms with Crippen LogP contribution in [0.4, 0.5) is 0 Å². The third-order valence-corrected chi connectivity index (χ3v) is 3.15. The highest BCUT2D eigenvalue weighted by molar-refractivity contribution is 6.19. The van der Waals surface area contributed by atoms with Gasteiger partial charge in [0, 0.05) is 18.3 Å². The van der Waals surface area contributed by atoms with Gasteiger partial charge in [-0.25, -0.2) is 0 Å². The van der Waals surface area contributed by atoms with E-state index in [0.29, 0.717) is 5.88 Å². The fraction of sp³-hybridized carbons (Fsp3) is 0.923. The number of carbonyl (C=O) groups is 1. The third-order valence-electron chi connectivity index (χ3n) is 2.69. The smallest absolute Gasteiger partial charge is 0.224 e. The fourth-order valence-electron chi connectivity index (χ4n) is 1.49. The molecule has 2 nitrogen and oxygen atoms in total. The Bertz CT molecular complexity index is 183. The van der Waals surface area contributed by atoms with Crippen LogP contribution in [0.1, 0.15) is 52.9 Å². The number of hydrogen-bond acceptors (Lipinski definition) is 1. The molecule has 0 spiro atoms. The molecule has 0 bridgehead atoms. The lowest BCUT2D eigenvalue weighted by molar-refractivity contribution is -0.123. The van der Waals surface area contributed by atoms with Crippen LogP contribution >= 0.6 is 11.6 Å². The van der Waals surface area contributed by atoms with Crippen LogP contribution in [0.15, 0.2) is 0 Å². The van der Waals surface area contributed by atoms with Gasteiger partial charge in [-0.05, 0) is 12.3 Å². The van der Waals surface area contributed by atoms with Crippen molar-refractivity contribution < 1.29 is 4.79 Å². The van der Waals surface area contributed by atoms with Crippen molar-refractivity contribution in [1.82, 2.24) is 5.32 Å². The molecule has 16 heavy (non-hydrogen) atoms. The van der Waals surface area contributed by atoms with Crippen molar-refractivity contribution in [3.8, 4) is 0 Å². The Morgan fingerprint density at radius 3 is 2.31 bits per heavy atom. The van der Waals surface area contributed by atoms with Gasteiger partial charge in [-0.2, -0.15) is 0 Å². The Morgan fingerprint density at radius 1 is 1.12 bits per heavy atom. The van der Waals surface area contributed by atoms with Crippen molar-refractivity contribution in [2.45, 2.75) is 52.9 Å². The van der Waals surface area contributed by atoms with Crippen molar-refractivity contribution >= 4 is 17.5 Å². The molecule has 0 aliphatic carbocycles. The maximum Gasteiger partial charge on any atom is 0.224 e. The van der Waals surface area contributed by atoms with Crippen molar-refractivity contribution in [3.63, 3.8) is 0 Å². The lowest BCUT2D eigenvalue weighted by atomic mass is 10.0. The molecule has 1 amide bonds. The Morgan fingerprint density at radius 2 is 1.75 bits per heavy atom. The monoisotopic (exact) mass is 247 g/mol. The molecule has 1 N–H and O–H groups in total. The summed E-state index contributed by atoms with van der Waals surface area (Å²) >= 11 is 5.60. The first-order valence-corrected chi connectivity index (χ1v) is 6.95. The van der Waals surface area contributed by atoms with Crippen LogP contribution in [0.2, 0.25) is 0 Å². The van der Waals surface area contributed by atoms with Crippen LogP contribution in [0.5, 0.6) is 0 Å². The lowest BCUT2D eigenvalue weighted by Crippen LogP contribution is -2.30. The predicted octanol–water partition coefficient (Wildman–Crippen LogP) is 3.58. The van der Waals surface area contributed by atoms with Crippen molar-refractivity contribution in [2.75, 3.05) is 12.4 Å². The molecule has 0 aromatic heterocycles. The van der Waals surface area contributed by atoms with E-state index in [1.54, 1.807) is 0 Å². The quantitative estimate of drug-likeness (QED) is 0.490. The molecule has 1 atom stereocenters. The van der Waals surface area contributed by atoms with E-state index in [9.17, 15) is 4.79 Å². The van der Waals surface area contributed by atoms with Gasteiger partial charge in [-0.1, -0.05) is 46.5 Å². The fourth-order valence-corrected chi connectivity index (χ4v) is 1.63. The van der Waals surface area contributed by atoms with Gasteiger partial charge in [-0.15, -0.1) is 11.6 Å². The summed E-state index contributed by atoms with van der Waals surface area (Å²) in [5.74, 6) is 1.23. The van der Waals surface area contributed by atoms with Crippen molar-refractivity contribution in [2.24, 2.45) is 11.8 Å². The van der Waals surface area contributed by atoms with Gasteiger partial charge in [0.05, 0.1) is 0 Å². The molecule has 0 heterocycles. The predicted molar refractivity (Wildman–Crippen MR) is 70.8 cm³/mol. The normalized spacial score (nSPS) is 12.8. The number of unbranched alkanes of at least 4 members (excludes halogenated alkanes) is 3. The molecule has 0 fully saturated rings. The van der Waals surface area contributed by atoms with Gasteiger partial charge < -0.3 is 5.32 Å². The summed E-state index contributed by atoms with van der Waals surface area (Å²) in [6, 6.07) is 0. The summed E-state index contributed by atoms with van der Waals surface area (Å²) in [5, 5.41) is 2.91. The van der Waals surface area contributed by atoms with E-state index < -0.39 is 0 Å². The minimum Gasteiger partial charge on any atom is -0.356 e. The SMILES string of the molecule is CC(C)CCCCCCNC(=O)C(C)CCl. The lowest BCUT2D eigenvalue weighted by Gasteiger charge is -2.09. The molecule has 0 aromatic rings. The van der Waals surface area contributed by atoms with Crippen LogP contribution in [0.3, 0.4) is 0 Å². The second-order valence-electron chi connectivity index (χ2n) is 4.94. The maximum atomic E-state index is 11.4. The molecule has 3 heteroatoms. The Hall–Kier alpha value is -0.240. The molecule has 96 valence electrons. The molecule has 0 rings (SSSR count). The second kappa shape index (κ2) is 9.95. The topological polar surface area (TPSA) is 29.1 Å². The molecule has 1 unspecified atom stereocenters. The van der Waals surface area contributed by atoms with E-state index in [0.717, 1.165) is 18.9 Å². The van der Waals surface area contributed by atoms with Crippen LogP contribution in [0.25, 0.3) is 0 Å². The standard InChI is InChI=1S/C13H26ClNO/c1-11(2)8-6-4-5-7-9-15-13(16)12(3)10-14/h11-12H,4-10H2,1-3H3,(H,15,16). The van der Waals surface area contributed by atoms with Crippen LogP contribution in [-0.4, -0.2) is 18.3 Å². The van der Waals surface area contributed by atoms with Crippen LogP contribution < -0.4 is 5.32 Å². The summed E-state index contributed by atoms with van der Waals surface area (Å²) in [6.45, 7) is 7.16.